The fourth-order valence-electron chi connectivity index (χ4n) is 2.88. The van der Waals surface area contributed by atoms with Crippen LogP contribution >= 0.6 is 27.5 Å². The highest BCUT2D eigenvalue weighted by Gasteiger charge is 2.25. The zero-order chi connectivity index (χ0) is 21.6. The SMILES string of the molecule is Bc1cc(C(C)(C)c2ccc(OCC(O)CO)cc2)cc(Br)c1OCC(O)CCl. The van der Waals surface area contributed by atoms with Crippen LogP contribution in [0.15, 0.2) is 40.9 Å². The van der Waals surface area contributed by atoms with Gasteiger partial charge in [0.2, 0.25) is 0 Å². The van der Waals surface area contributed by atoms with Crippen molar-refractivity contribution in [2.75, 3.05) is 25.7 Å². The van der Waals surface area contributed by atoms with E-state index in [9.17, 15) is 10.2 Å². The Morgan fingerprint density at radius 2 is 1.66 bits per heavy atom. The van der Waals surface area contributed by atoms with E-state index in [2.05, 4.69) is 35.8 Å². The molecule has 0 aliphatic rings. The Labute approximate surface area is 186 Å². The molecule has 0 saturated carbocycles. The van der Waals surface area contributed by atoms with Gasteiger partial charge < -0.3 is 24.8 Å². The van der Waals surface area contributed by atoms with Crippen LogP contribution in [0.5, 0.6) is 11.5 Å². The molecule has 0 spiro atoms. The minimum atomic E-state index is -0.891. The number of hydrogen-bond acceptors (Lipinski definition) is 5. The molecule has 0 aliphatic carbocycles. The summed E-state index contributed by atoms with van der Waals surface area (Å²) in [5, 5.41) is 27.9. The molecule has 0 heterocycles. The van der Waals surface area contributed by atoms with E-state index in [1.165, 1.54) is 0 Å². The van der Waals surface area contributed by atoms with Gasteiger partial charge >= 0.3 is 0 Å². The normalized spacial score (nSPS) is 13.8. The Balaban J connectivity index is 2.19. The lowest BCUT2D eigenvalue weighted by Gasteiger charge is -2.28. The second-order valence-corrected chi connectivity index (χ2v) is 8.68. The molecule has 2 aromatic rings. The fraction of sp³-hybridized carbons (Fsp3) is 0.429. The molecule has 0 fully saturated rings. The van der Waals surface area contributed by atoms with E-state index in [0.29, 0.717) is 11.5 Å². The summed E-state index contributed by atoms with van der Waals surface area (Å²) in [4.78, 5) is 0. The lowest BCUT2D eigenvalue weighted by molar-refractivity contribution is 0.0536. The second kappa shape index (κ2) is 10.7. The van der Waals surface area contributed by atoms with E-state index in [1.54, 1.807) is 0 Å². The molecule has 2 aromatic carbocycles. The molecule has 0 saturated heterocycles. The molecule has 8 heteroatoms. The number of benzene rings is 2. The first-order valence-corrected chi connectivity index (χ1v) is 10.7. The van der Waals surface area contributed by atoms with Gasteiger partial charge in [-0.05, 0) is 50.7 Å². The van der Waals surface area contributed by atoms with Gasteiger partial charge in [-0.15, -0.1) is 11.6 Å². The second-order valence-electron chi connectivity index (χ2n) is 7.52. The van der Waals surface area contributed by atoms with Gasteiger partial charge in [0.15, 0.2) is 0 Å². The van der Waals surface area contributed by atoms with Crippen molar-refractivity contribution in [2.45, 2.75) is 31.5 Å². The van der Waals surface area contributed by atoms with Gasteiger partial charge in [-0.1, -0.05) is 32.0 Å². The van der Waals surface area contributed by atoms with Crippen molar-refractivity contribution in [3.05, 3.63) is 52.0 Å². The van der Waals surface area contributed by atoms with Crippen LogP contribution in [0.1, 0.15) is 25.0 Å². The maximum atomic E-state index is 9.63. The average molecular weight is 486 g/mol. The molecule has 2 rings (SSSR count). The average Bonchev–Trinajstić information content (AvgIpc) is 2.71. The topological polar surface area (TPSA) is 79.2 Å². The molecule has 0 bridgehead atoms. The maximum absolute atomic E-state index is 9.63. The van der Waals surface area contributed by atoms with Crippen molar-refractivity contribution in [2.24, 2.45) is 0 Å². The van der Waals surface area contributed by atoms with E-state index >= 15 is 0 Å². The van der Waals surface area contributed by atoms with Crippen LogP contribution in [0.4, 0.5) is 0 Å². The van der Waals surface area contributed by atoms with Gasteiger partial charge in [0.25, 0.3) is 0 Å². The van der Waals surface area contributed by atoms with Crippen LogP contribution in [0.3, 0.4) is 0 Å². The Morgan fingerprint density at radius 1 is 1.03 bits per heavy atom. The maximum Gasteiger partial charge on any atom is 0.144 e. The standard InChI is InChI=1S/C21H27BBrClO5/c1-21(2,13-3-5-17(6-4-13)28-12-16(27)10-25)14-7-18(22)20(19(23)8-14)29-11-15(26)9-24/h3-8,15-16,25-27H,9-12,22H2,1-2H3. The first kappa shape index (κ1) is 24.0. The summed E-state index contributed by atoms with van der Waals surface area (Å²) < 4.78 is 12.0. The third-order valence-electron chi connectivity index (χ3n) is 4.78. The number of halogens is 2. The van der Waals surface area contributed by atoms with Crippen LogP contribution in [0.25, 0.3) is 0 Å². The van der Waals surface area contributed by atoms with Crippen LogP contribution in [0.2, 0.25) is 0 Å². The Hall–Kier alpha value is -1.25. The van der Waals surface area contributed by atoms with Crippen molar-refractivity contribution in [3.8, 4) is 11.5 Å². The molecule has 2 atom stereocenters. The largest absolute Gasteiger partial charge is 0.491 e. The van der Waals surface area contributed by atoms with Gasteiger partial charge in [-0.25, -0.2) is 0 Å². The number of aliphatic hydroxyl groups excluding tert-OH is 3. The monoisotopic (exact) mass is 484 g/mol. The van der Waals surface area contributed by atoms with E-state index in [-0.39, 0.29) is 31.1 Å². The van der Waals surface area contributed by atoms with Crippen LogP contribution in [-0.4, -0.2) is 61.1 Å². The molecule has 29 heavy (non-hydrogen) atoms. The first-order valence-electron chi connectivity index (χ1n) is 9.38. The molecular formula is C21H27BBrClO5. The molecule has 5 nitrogen and oxygen atoms in total. The van der Waals surface area contributed by atoms with Crippen molar-refractivity contribution >= 4 is 40.8 Å². The lowest BCUT2D eigenvalue weighted by Crippen LogP contribution is -2.25. The van der Waals surface area contributed by atoms with Gasteiger partial charge in [0.1, 0.15) is 44.8 Å². The number of alkyl halides is 1. The predicted molar refractivity (Wildman–Crippen MR) is 122 cm³/mol. The summed E-state index contributed by atoms with van der Waals surface area (Å²) >= 11 is 9.21. The third kappa shape index (κ3) is 6.36. The van der Waals surface area contributed by atoms with Crippen LogP contribution < -0.4 is 14.9 Å². The lowest BCUT2D eigenvalue weighted by atomic mass is 9.76. The molecule has 0 aromatic heterocycles. The van der Waals surface area contributed by atoms with Crippen LogP contribution in [0, 0.1) is 0 Å². The smallest absolute Gasteiger partial charge is 0.144 e. The van der Waals surface area contributed by atoms with Crippen molar-refractivity contribution in [1.82, 2.24) is 0 Å². The molecule has 2 unspecified atom stereocenters. The minimum absolute atomic E-state index is 0.0469. The summed E-state index contributed by atoms with van der Waals surface area (Å²) in [7, 11) is 1.97. The predicted octanol–water partition coefficient (Wildman–Crippen LogP) is 1.74. The highest BCUT2D eigenvalue weighted by molar-refractivity contribution is 9.10. The Morgan fingerprint density at radius 3 is 2.21 bits per heavy atom. The zero-order valence-electron chi connectivity index (χ0n) is 16.9. The number of aliphatic hydroxyl groups is 3. The van der Waals surface area contributed by atoms with Gasteiger partial charge in [-0.3, -0.25) is 0 Å². The molecule has 3 N–H and O–H groups in total. The summed E-state index contributed by atoms with van der Waals surface area (Å²) in [5.41, 5.74) is 2.90. The van der Waals surface area contributed by atoms with Gasteiger partial charge in [-0.2, -0.15) is 0 Å². The zero-order valence-corrected chi connectivity index (χ0v) is 19.2. The molecule has 0 aliphatic heterocycles. The third-order valence-corrected chi connectivity index (χ3v) is 5.72. The summed E-state index contributed by atoms with van der Waals surface area (Å²) in [5.74, 6) is 1.45. The molecule has 0 radical (unpaired) electrons. The summed E-state index contributed by atoms with van der Waals surface area (Å²) in [6.45, 7) is 4.13. The summed E-state index contributed by atoms with van der Waals surface area (Å²) in [6, 6.07) is 11.8. The number of hydrogen-bond donors (Lipinski definition) is 3. The van der Waals surface area contributed by atoms with Crippen molar-refractivity contribution in [3.63, 3.8) is 0 Å². The van der Waals surface area contributed by atoms with E-state index < -0.39 is 12.2 Å². The van der Waals surface area contributed by atoms with E-state index in [1.807, 2.05) is 38.2 Å². The number of rotatable bonds is 10. The first-order chi connectivity index (χ1) is 13.7. The highest BCUT2D eigenvalue weighted by atomic mass is 79.9. The molecular weight excluding hydrogens is 458 g/mol. The Bertz CT molecular complexity index is 777. The molecule has 0 amide bonds. The minimum Gasteiger partial charge on any atom is -0.491 e. The quantitative estimate of drug-likeness (QED) is 0.353. The summed E-state index contributed by atoms with van der Waals surface area (Å²) in [6.07, 6.45) is -1.60. The molecule has 158 valence electrons. The van der Waals surface area contributed by atoms with E-state index in [0.717, 1.165) is 21.1 Å². The number of ether oxygens (including phenoxy) is 2. The Kier molecular flexibility index (Phi) is 8.85. The van der Waals surface area contributed by atoms with Gasteiger partial charge in [0, 0.05) is 5.41 Å². The van der Waals surface area contributed by atoms with E-state index in [4.69, 9.17) is 26.2 Å². The highest BCUT2D eigenvalue weighted by Crippen LogP contribution is 2.35. The van der Waals surface area contributed by atoms with Crippen molar-refractivity contribution < 1.29 is 24.8 Å². The fourth-order valence-corrected chi connectivity index (χ4v) is 3.64. The van der Waals surface area contributed by atoms with Crippen molar-refractivity contribution in [1.29, 1.82) is 0 Å². The van der Waals surface area contributed by atoms with Crippen LogP contribution in [-0.2, 0) is 5.41 Å². The van der Waals surface area contributed by atoms with Gasteiger partial charge in [0.05, 0.1) is 17.0 Å².